The van der Waals surface area contributed by atoms with Crippen LogP contribution in [0.5, 0.6) is 0 Å². The molecule has 0 bridgehead atoms. The number of esters is 1. The van der Waals surface area contributed by atoms with Gasteiger partial charge in [-0.15, -0.1) is 22.7 Å². The molecule has 0 aliphatic carbocycles. The van der Waals surface area contributed by atoms with Crippen LogP contribution >= 0.6 is 22.7 Å². The highest BCUT2D eigenvalue weighted by Gasteiger charge is 2.22. The predicted octanol–water partition coefficient (Wildman–Crippen LogP) is 3.11. The average molecular weight is 282 g/mol. The molecule has 0 radical (unpaired) electrons. The molecule has 0 fully saturated rings. The lowest BCUT2D eigenvalue weighted by Crippen LogP contribution is -2.02. The lowest BCUT2D eigenvalue weighted by atomic mass is 10.1. The first-order valence-electron chi connectivity index (χ1n) is 5.50. The molecule has 2 rings (SSSR count). The summed E-state index contributed by atoms with van der Waals surface area (Å²) in [5.41, 5.74) is 7.57. The third-order valence-corrected chi connectivity index (χ3v) is 4.94. The van der Waals surface area contributed by atoms with Crippen molar-refractivity contribution in [1.82, 2.24) is 4.98 Å². The van der Waals surface area contributed by atoms with Crippen LogP contribution in [0.25, 0.3) is 9.75 Å². The van der Waals surface area contributed by atoms with E-state index in [2.05, 4.69) is 4.98 Å². The van der Waals surface area contributed by atoms with E-state index < -0.39 is 0 Å². The van der Waals surface area contributed by atoms with Gasteiger partial charge in [-0.3, -0.25) is 0 Å². The normalized spacial score (nSPS) is 10.6. The Morgan fingerprint density at radius 3 is 2.72 bits per heavy atom. The van der Waals surface area contributed by atoms with Crippen LogP contribution in [-0.4, -0.2) is 18.1 Å². The van der Waals surface area contributed by atoms with Crippen molar-refractivity contribution in [2.75, 3.05) is 12.8 Å². The third-order valence-electron chi connectivity index (χ3n) is 2.62. The fourth-order valence-electron chi connectivity index (χ4n) is 1.74. The Morgan fingerprint density at radius 2 is 2.22 bits per heavy atom. The smallest absolute Gasteiger partial charge is 0.350 e. The molecule has 0 aliphatic heterocycles. The predicted molar refractivity (Wildman–Crippen MR) is 75.3 cm³/mol. The van der Waals surface area contributed by atoms with E-state index in [0.717, 1.165) is 26.7 Å². The Balaban J connectivity index is 2.57. The zero-order chi connectivity index (χ0) is 13.3. The Hall–Kier alpha value is -1.40. The molecule has 0 spiro atoms. The van der Waals surface area contributed by atoms with Crippen molar-refractivity contribution in [1.29, 1.82) is 0 Å². The molecule has 18 heavy (non-hydrogen) atoms. The SMILES string of the molecule is CCc1c(-c2cnc(C)s2)sc(C(=O)OC)c1N. The van der Waals surface area contributed by atoms with Gasteiger partial charge in [0.05, 0.1) is 27.6 Å². The van der Waals surface area contributed by atoms with Gasteiger partial charge in [-0.1, -0.05) is 6.92 Å². The number of rotatable bonds is 3. The second-order valence-corrected chi connectivity index (χ2v) is 6.00. The molecular formula is C12H14N2O2S2. The molecule has 0 unspecified atom stereocenters. The van der Waals surface area contributed by atoms with Crippen LogP contribution in [-0.2, 0) is 11.2 Å². The van der Waals surface area contributed by atoms with Crippen molar-refractivity contribution in [3.8, 4) is 9.75 Å². The molecule has 0 amide bonds. The van der Waals surface area contributed by atoms with Crippen LogP contribution in [0.4, 0.5) is 5.69 Å². The van der Waals surface area contributed by atoms with Gasteiger partial charge in [0.2, 0.25) is 0 Å². The number of thiophene rings is 1. The number of anilines is 1. The van der Waals surface area contributed by atoms with Gasteiger partial charge < -0.3 is 10.5 Å². The molecule has 2 aromatic heterocycles. The molecule has 2 heterocycles. The van der Waals surface area contributed by atoms with Gasteiger partial charge in [0.25, 0.3) is 0 Å². The minimum Gasteiger partial charge on any atom is -0.465 e. The number of thiazole rings is 1. The van der Waals surface area contributed by atoms with Gasteiger partial charge in [0.15, 0.2) is 0 Å². The summed E-state index contributed by atoms with van der Waals surface area (Å²) in [6.45, 7) is 3.98. The third kappa shape index (κ3) is 2.13. The first kappa shape index (κ1) is 13.0. The molecule has 2 aromatic rings. The van der Waals surface area contributed by atoms with Crippen molar-refractivity contribution < 1.29 is 9.53 Å². The molecule has 0 aromatic carbocycles. The Morgan fingerprint density at radius 1 is 1.50 bits per heavy atom. The quantitative estimate of drug-likeness (QED) is 0.878. The van der Waals surface area contributed by atoms with Crippen LogP contribution in [0.15, 0.2) is 6.20 Å². The summed E-state index contributed by atoms with van der Waals surface area (Å²) in [6.07, 6.45) is 2.61. The first-order chi connectivity index (χ1) is 8.58. The van der Waals surface area contributed by atoms with Crippen LogP contribution in [0.2, 0.25) is 0 Å². The van der Waals surface area contributed by atoms with Crippen LogP contribution in [0.1, 0.15) is 27.2 Å². The highest BCUT2D eigenvalue weighted by Crippen LogP contribution is 2.41. The van der Waals surface area contributed by atoms with Crippen molar-refractivity contribution in [2.24, 2.45) is 0 Å². The summed E-state index contributed by atoms with van der Waals surface area (Å²) < 4.78 is 4.75. The van der Waals surface area contributed by atoms with Crippen LogP contribution in [0.3, 0.4) is 0 Å². The molecule has 2 N–H and O–H groups in total. The maximum atomic E-state index is 11.6. The van der Waals surface area contributed by atoms with E-state index in [1.54, 1.807) is 11.3 Å². The summed E-state index contributed by atoms with van der Waals surface area (Å²) in [5, 5.41) is 0.999. The van der Waals surface area contributed by atoms with Gasteiger partial charge in [-0.05, 0) is 18.9 Å². The number of nitrogens with two attached hydrogens (primary N) is 1. The Bertz CT molecular complexity index is 587. The molecule has 0 saturated heterocycles. The molecule has 96 valence electrons. The zero-order valence-corrected chi connectivity index (χ0v) is 12.1. The molecule has 0 aliphatic rings. The van der Waals surface area contributed by atoms with Gasteiger partial charge in [-0.2, -0.15) is 0 Å². The van der Waals surface area contributed by atoms with Crippen molar-refractivity contribution in [2.45, 2.75) is 20.3 Å². The fourth-order valence-corrected chi connectivity index (χ4v) is 3.87. The maximum absolute atomic E-state index is 11.6. The van der Waals surface area contributed by atoms with E-state index in [9.17, 15) is 4.79 Å². The number of hydrogen-bond acceptors (Lipinski definition) is 6. The Labute approximate surface area is 113 Å². The minimum absolute atomic E-state index is 0.375. The standard InChI is InChI=1S/C12H14N2O2S2/c1-4-7-9(13)11(12(15)16-3)18-10(7)8-5-14-6(2)17-8/h5H,4,13H2,1-3H3. The largest absolute Gasteiger partial charge is 0.465 e. The summed E-state index contributed by atoms with van der Waals surface area (Å²) in [4.78, 5) is 18.5. The number of methoxy groups -OCH3 is 1. The summed E-state index contributed by atoms with van der Waals surface area (Å²) in [5.74, 6) is -0.375. The number of ether oxygens (including phenoxy) is 1. The second-order valence-electron chi connectivity index (χ2n) is 3.74. The molecule has 4 nitrogen and oxygen atoms in total. The number of nitrogen functional groups attached to an aromatic ring is 1. The number of carbonyl (C=O) groups excluding carboxylic acids is 1. The Kier molecular flexibility index (Phi) is 3.68. The van der Waals surface area contributed by atoms with E-state index in [4.69, 9.17) is 10.5 Å². The monoisotopic (exact) mass is 282 g/mol. The van der Waals surface area contributed by atoms with Crippen molar-refractivity contribution >= 4 is 34.3 Å². The van der Waals surface area contributed by atoms with E-state index in [-0.39, 0.29) is 5.97 Å². The highest BCUT2D eigenvalue weighted by molar-refractivity contribution is 7.23. The average Bonchev–Trinajstić information content (AvgIpc) is 2.92. The highest BCUT2D eigenvalue weighted by atomic mass is 32.1. The van der Waals surface area contributed by atoms with Gasteiger partial charge >= 0.3 is 5.97 Å². The van der Waals surface area contributed by atoms with E-state index >= 15 is 0 Å². The van der Waals surface area contributed by atoms with E-state index in [1.165, 1.54) is 18.4 Å². The number of hydrogen-bond donors (Lipinski definition) is 1. The minimum atomic E-state index is -0.375. The number of carbonyl (C=O) groups is 1. The zero-order valence-electron chi connectivity index (χ0n) is 10.4. The molecule has 0 atom stereocenters. The van der Waals surface area contributed by atoms with Crippen molar-refractivity contribution in [3.05, 3.63) is 21.6 Å². The molecule has 0 saturated carbocycles. The summed E-state index contributed by atoms with van der Waals surface area (Å²) >= 11 is 2.98. The summed E-state index contributed by atoms with van der Waals surface area (Å²) in [7, 11) is 1.36. The second kappa shape index (κ2) is 5.07. The number of aromatic nitrogens is 1. The van der Waals surface area contributed by atoms with E-state index in [1.807, 2.05) is 20.0 Å². The van der Waals surface area contributed by atoms with Gasteiger partial charge in [0.1, 0.15) is 4.88 Å². The van der Waals surface area contributed by atoms with E-state index in [0.29, 0.717) is 10.6 Å². The number of aryl methyl sites for hydroxylation is 1. The van der Waals surface area contributed by atoms with Gasteiger partial charge in [-0.25, -0.2) is 9.78 Å². The number of nitrogens with zero attached hydrogens (tertiary/aromatic N) is 1. The first-order valence-corrected chi connectivity index (χ1v) is 7.14. The maximum Gasteiger partial charge on any atom is 0.350 e. The van der Waals surface area contributed by atoms with Crippen LogP contribution < -0.4 is 5.73 Å². The molecular weight excluding hydrogens is 268 g/mol. The topological polar surface area (TPSA) is 65.2 Å². The fraction of sp³-hybridized carbons (Fsp3) is 0.333. The van der Waals surface area contributed by atoms with Gasteiger partial charge in [0, 0.05) is 6.20 Å². The van der Waals surface area contributed by atoms with Crippen LogP contribution in [0, 0.1) is 6.92 Å². The summed E-state index contributed by atoms with van der Waals surface area (Å²) in [6, 6.07) is 0. The lowest BCUT2D eigenvalue weighted by molar-refractivity contribution is 0.0607. The lowest BCUT2D eigenvalue weighted by Gasteiger charge is -1.99. The van der Waals surface area contributed by atoms with Crippen molar-refractivity contribution in [3.63, 3.8) is 0 Å². The molecule has 6 heteroatoms.